The third kappa shape index (κ3) is 3.90. The van der Waals surface area contributed by atoms with E-state index in [0.29, 0.717) is 5.56 Å². The molecule has 2 aromatic carbocycles. The molecule has 0 bridgehead atoms. The molecule has 1 heterocycles. The van der Waals surface area contributed by atoms with Crippen LogP contribution in [0.2, 0.25) is 0 Å². The monoisotopic (exact) mass is 393 g/mol. The van der Waals surface area contributed by atoms with Crippen molar-refractivity contribution < 1.29 is 27.1 Å². The smallest absolute Gasteiger partial charge is 0.416 e. The average molecular weight is 393 g/mol. The van der Waals surface area contributed by atoms with E-state index in [1.54, 1.807) is 6.92 Å². The van der Waals surface area contributed by atoms with Gasteiger partial charge in [0, 0.05) is 18.1 Å². The van der Waals surface area contributed by atoms with Gasteiger partial charge in [0.1, 0.15) is 11.4 Å². The zero-order chi connectivity index (χ0) is 20.5. The van der Waals surface area contributed by atoms with Crippen molar-refractivity contribution in [3.05, 3.63) is 81.4 Å². The number of esters is 1. The first kappa shape index (κ1) is 19.6. The Morgan fingerprint density at radius 2 is 1.79 bits per heavy atom. The molecule has 0 saturated heterocycles. The number of benzene rings is 2. The van der Waals surface area contributed by atoms with E-state index in [1.165, 1.54) is 41.1 Å². The van der Waals surface area contributed by atoms with Gasteiger partial charge in [0.25, 0.3) is 0 Å². The SMILES string of the molecule is CCOC(=O)c1cn(Cc2ccc(F)cc2)c2ccc(C(F)(F)F)cc2c1=O. The number of halogens is 4. The second-order valence-electron chi connectivity index (χ2n) is 6.08. The van der Waals surface area contributed by atoms with E-state index in [9.17, 15) is 27.2 Å². The highest BCUT2D eigenvalue weighted by Crippen LogP contribution is 2.31. The normalized spacial score (nSPS) is 11.6. The zero-order valence-electron chi connectivity index (χ0n) is 14.7. The predicted molar refractivity (Wildman–Crippen MR) is 94.7 cm³/mol. The van der Waals surface area contributed by atoms with E-state index in [2.05, 4.69) is 0 Å². The Balaban J connectivity index is 2.23. The van der Waals surface area contributed by atoms with Crippen LogP contribution in [0.1, 0.15) is 28.4 Å². The molecule has 8 heteroatoms. The molecule has 1 aromatic heterocycles. The number of nitrogens with zero attached hydrogens (tertiary/aromatic N) is 1. The van der Waals surface area contributed by atoms with Crippen molar-refractivity contribution in [2.75, 3.05) is 6.61 Å². The number of alkyl halides is 3. The standard InChI is InChI=1S/C20H15F4NO3/c1-2-28-19(27)16-11-25(10-12-3-6-14(21)7-4-12)17-8-5-13(20(22,23)24)9-15(17)18(16)26/h3-9,11H,2,10H2,1H3. The van der Waals surface area contributed by atoms with Crippen molar-refractivity contribution in [3.8, 4) is 0 Å². The molecule has 146 valence electrons. The molecule has 0 spiro atoms. The zero-order valence-corrected chi connectivity index (χ0v) is 14.7. The number of aromatic nitrogens is 1. The minimum atomic E-state index is -4.64. The minimum absolute atomic E-state index is 0.0108. The van der Waals surface area contributed by atoms with Crippen molar-refractivity contribution in [2.45, 2.75) is 19.6 Å². The van der Waals surface area contributed by atoms with Crippen molar-refractivity contribution in [1.29, 1.82) is 0 Å². The Morgan fingerprint density at radius 3 is 2.39 bits per heavy atom. The maximum absolute atomic E-state index is 13.1. The van der Waals surface area contributed by atoms with Crippen LogP contribution in [0.3, 0.4) is 0 Å². The fourth-order valence-electron chi connectivity index (χ4n) is 2.85. The summed E-state index contributed by atoms with van der Waals surface area (Å²) in [5.74, 6) is -1.35. The minimum Gasteiger partial charge on any atom is -0.462 e. The second kappa shape index (κ2) is 7.46. The molecule has 0 unspecified atom stereocenters. The van der Waals surface area contributed by atoms with E-state index < -0.39 is 29.0 Å². The summed E-state index contributed by atoms with van der Waals surface area (Å²) in [6.45, 7) is 1.68. The van der Waals surface area contributed by atoms with Crippen LogP contribution < -0.4 is 5.43 Å². The van der Waals surface area contributed by atoms with Crippen molar-refractivity contribution in [2.24, 2.45) is 0 Å². The first-order valence-corrected chi connectivity index (χ1v) is 8.36. The first-order valence-electron chi connectivity index (χ1n) is 8.36. The molecule has 0 N–H and O–H groups in total. The van der Waals surface area contributed by atoms with E-state index >= 15 is 0 Å². The lowest BCUT2D eigenvalue weighted by molar-refractivity contribution is -0.137. The molecular weight excluding hydrogens is 378 g/mol. The Hall–Kier alpha value is -3.16. The quantitative estimate of drug-likeness (QED) is 0.488. The van der Waals surface area contributed by atoms with Gasteiger partial charge in [-0.25, -0.2) is 9.18 Å². The summed E-state index contributed by atoms with van der Waals surface area (Å²) in [7, 11) is 0. The van der Waals surface area contributed by atoms with Gasteiger partial charge in [0.2, 0.25) is 5.43 Å². The van der Waals surface area contributed by atoms with Crippen LogP contribution in [-0.2, 0) is 17.5 Å². The molecule has 3 rings (SSSR count). The molecule has 0 aliphatic carbocycles. The molecule has 0 radical (unpaired) electrons. The van der Waals surface area contributed by atoms with Gasteiger partial charge < -0.3 is 9.30 Å². The molecule has 0 fully saturated rings. The van der Waals surface area contributed by atoms with E-state index in [4.69, 9.17) is 4.74 Å². The number of pyridine rings is 1. The lowest BCUT2D eigenvalue weighted by Crippen LogP contribution is -2.21. The maximum Gasteiger partial charge on any atom is 0.416 e. The predicted octanol–water partition coefficient (Wildman–Crippen LogP) is 4.38. The van der Waals surface area contributed by atoms with Crippen LogP contribution in [0.4, 0.5) is 17.6 Å². The van der Waals surface area contributed by atoms with Crippen LogP contribution in [-0.4, -0.2) is 17.1 Å². The number of ether oxygens (including phenoxy) is 1. The van der Waals surface area contributed by atoms with E-state index in [-0.39, 0.29) is 29.6 Å². The largest absolute Gasteiger partial charge is 0.462 e. The van der Waals surface area contributed by atoms with Crippen LogP contribution >= 0.6 is 0 Å². The summed E-state index contributed by atoms with van der Waals surface area (Å²) < 4.78 is 58.7. The molecular formula is C20H15F4NO3. The van der Waals surface area contributed by atoms with Gasteiger partial charge in [-0.15, -0.1) is 0 Å². The number of rotatable bonds is 4. The number of hydrogen-bond donors (Lipinski definition) is 0. The molecule has 3 aromatic rings. The Labute approximate surface area is 157 Å². The molecule has 0 atom stereocenters. The highest BCUT2D eigenvalue weighted by molar-refractivity contribution is 5.94. The van der Waals surface area contributed by atoms with Crippen molar-refractivity contribution in [3.63, 3.8) is 0 Å². The molecule has 0 aliphatic heterocycles. The van der Waals surface area contributed by atoms with E-state index in [0.717, 1.165) is 12.1 Å². The van der Waals surface area contributed by atoms with Gasteiger partial charge in [-0.3, -0.25) is 4.79 Å². The summed E-state index contributed by atoms with van der Waals surface area (Å²) >= 11 is 0. The van der Waals surface area contributed by atoms with Gasteiger partial charge in [-0.1, -0.05) is 12.1 Å². The van der Waals surface area contributed by atoms with Crippen LogP contribution in [0.5, 0.6) is 0 Å². The summed E-state index contributed by atoms with van der Waals surface area (Å²) in [5, 5.41) is -0.248. The lowest BCUT2D eigenvalue weighted by atomic mass is 10.1. The number of carbonyl (C=O) groups excluding carboxylic acids is 1. The van der Waals surface area contributed by atoms with Crippen molar-refractivity contribution in [1.82, 2.24) is 4.57 Å². The summed E-state index contributed by atoms with van der Waals surface area (Å²) in [5.41, 5.74) is -1.34. The Morgan fingerprint density at radius 1 is 1.11 bits per heavy atom. The third-order valence-electron chi connectivity index (χ3n) is 4.17. The Kier molecular flexibility index (Phi) is 5.22. The van der Waals surface area contributed by atoms with Gasteiger partial charge in [-0.05, 0) is 42.8 Å². The molecule has 0 saturated carbocycles. The van der Waals surface area contributed by atoms with Crippen LogP contribution in [0, 0.1) is 5.82 Å². The third-order valence-corrected chi connectivity index (χ3v) is 4.17. The summed E-state index contributed by atoms with van der Waals surface area (Å²) in [6, 6.07) is 8.27. The number of fused-ring (bicyclic) bond motifs is 1. The molecule has 4 nitrogen and oxygen atoms in total. The number of carbonyl (C=O) groups is 1. The highest BCUT2D eigenvalue weighted by Gasteiger charge is 2.31. The second-order valence-corrected chi connectivity index (χ2v) is 6.08. The van der Waals surface area contributed by atoms with Gasteiger partial charge >= 0.3 is 12.1 Å². The average Bonchev–Trinajstić information content (AvgIpc) is 2.64. The maximum atomic E-state index is 13.1. The van der Waals surface area contributed by atoms with E-state index in [1.807, 2.05) is 0 Å². The van der Waals surface area contributed by atoms with Crippen molar-refractivity contribution >= 4 is 16.9 Å². The molecule has 28 heavy (non-hydrogen) atoms. The molecule has 0 aliphatic rings. The fraction of sp³-hybridized carbons (Fsp3) is 0.200. The van der Waals surface area contributed by atoms with Crippen LogP contribution in [0.25, 0.3) is 10.9 Å². The lowest BCUT2D eigenvalue weighted by Gasteiger charge is -2.15. The topological polar surface area (TPSA) is 48.3 Å². The van der Waals surface area contributed by atoms with Gasteiger partial charge in [-0.2, -0.15) is 13.2 Å². The first-order chi connectivity index (χ1) is 13.2. The fourth-order valence-corrected chi connectivity index (χ4v) is 2.85. The number of hydrogen-bond acceptors (Lipinski definition) is 3. The Bertz CT molecular complexity index is 1090. The van der Waals surface area contributed by atoms with Crippen LogP contribution in [0.15, 0.2) is 53.5 Å². The summed E-state index contributed by atoms with van der Waals surface area (Å²) in [6.07, 6.45) is -3.39. The summed E-state index contributed by atoms with van der Waals surface area (Å²) in [4.78, 5) is 24.8. The molecule has 0 amide bonds. The van der Waals surface area contributed by atoms with Gasteiger partial charge in [0.05, 0.1) is 17.7 Å². The van der Waals surface area contributed by atoms with Gasteiger partial charge in [0.15, 0.2) is 0 Å². The highest BCUT2D eigenvalue weighted by atomic mass is 19.4.